The first kappa shape index (κ1) is 34.4. The van der Waals surface area contributed by atoms with Gasteiger partial charge in [-0.3, -0.25) is 19.6 Å². The number of carboxylic acid groups (broad SMARTS) is 1. The van der Waals surface area contributed by atoms with Gasteiger partial charge in [-0.1, -0.05) is 35.9 Å². The molecule has 0 bridgehead atoms. The summed E-state index contributed by atoms with van der Waals surface area (Å²) in [5.74, 6) is -0.147. The van der Waals surface area contributed by atoms with Gasteiger partial charge in [0.2, 0.25) is 5.89 Å². The summed E-state index contributed by atoms with van der Waals surface area (Å²) in [6.45, 7) is 5.56. The monoisotopic (exact) mass is 739 g/mol. The molecule has 3 aromatic carbocycles. The van der Waals surface area contributed by atoms with Crippen molar-refractivity contribution >= 4 is 51.1 Å². The molecule has 0 spiro atoms. The normalized spacial score (nSPS) is 20.1. The van der Waals surface area contributed by atoms with Crippen molar-refractivity contribution in [3.05, 3.63) is 99.8 Å². The van der Waals surface area contributed by atoms with E-state index in [1.165, 1.54) is 0 Å². The Morgan fingerprint density at radius 3 is 2.69 bits per heavy atom. The number of likely N-dealkylation sites (tertiary alicyclic amines) is 2. The Labute approximate surface area is 316 Å². The number of hydrogen-bond acceptors (Lipinski definition) is 10. The van der Waals surface area contributed by atoms with Gasteiger partial charge in [0, 0.05) is 61.3 Å². The highest BCUT2D eigenvalue weighted by Gasteiger charge is 2.37. The van der Waals surface area contributed by atoms with E-state index in [2.05, 4.69) is 32.2 Å². The van der Waals surface area contributed by atoms with Gasteiger partial charge in [0.1, 0.15) is 22.7 Å². The summed E-state index contributed by atoms with van der Waals surface area (Å²) >= 11 is 7.20. The standard InChI is InChI=1S/C42H38ClN7O4/c1-23-28(4-3-7-34(23)47-40-38-25(10-13-45-40)16-24(19-46-38)20-49-14-12-27(51)22-49)30-5-2-6-31(37(30)43)41-48-35-17-32-29(33(18-44)39(35)54-41)8-9-36(32)50-15-11-26(21-50)42(52)53/h2-7,10,13,16-17,19,26-27,36,51H,8-9,11-12,14-15,20-22H2,1H3,(H,45,47)(H,52,53)/t26-,27-,36?/m1/s1. The van der Waals surface area contributed by atoms with Crippen molar-refractivity contribution in [1.29, 1.82) is 5.26 Å². The number of rotatable bonds is 8. The topological polar surface area (TPSA) is 152 Å². The Balaban J connectivity index is 1.01. The smallest absolute Gasteiger partial charge is 0.307 e. The van der Waals surface area contributed by atoms with Crippen molar-refractivity contribution in [1.82, 2.24) is 24.8 Å². The molecule has 2 aliphatic heterocycles. The lowest BCUT2D eigenvalue weighted by Gasteiger charge is -2.24. The van der Waals surface area contributed by atoms with Crippen LogP contribution in [0.25, 0.3) is 44.6 Å². The van der Waals surface area contributed by atoms with Crippen molar-refractivity contribution in [2.24, 2.45) is 5.92 Å². The zero-order valence-corrected chi connectivity index (χ0v) is 30.5. The minimum Gasteiger partial charge on any atom is -0.481 e. The van der Waals surface area contributed by atoms with Gasteiger partial charge >= 0.3 is 5.97 Å². The van der Waals surface area contributed by atoms with Crippen LogP contribution in [0.3, 0.4) is 0 Å². The van der Waals surface area contributed by atoms with E-state index in [0.29, 0.717) is 65.0 Å². The van der Waals surface area contributed by atoms with Gasteiger partial charge < -0.3 is 19.9 Å². The van der Waals surface area contributed by atoms with Gasteiger partial charge in [0.05, 0.1) is 22.6 Å². The molecule has 5 heterocycles. The lowest BCUT2D eigenvalue weighted by atomic mass is 9.97. The summed E-state index contributed by atoms with van der Waals surface area (Å²) in [5, 5.41) is 34.8. The van der Waals surface area contributed by atoms with Crippen molar-refractivity contribution in [2.75, 3.05) is 31.5 Å². The number of aromatic nitrogens is 3. The van der Waals surface area contributed by atoms with Crippen molar-refractivity contribution in [3.63, 3.8) is 0 Å². The number of hydrogen-bond donors (Lipinski definition) is 3. The number of aliphatic hydroxyl groups is 1. The Bertz CT molecular complexity index is 2510. The van der Waals surface area contributed by atoms with Crippen LogP contribution in [0.5, 0.6) is 0 Å². The highest BCUT2D eigenvalue weighted by Crippen LogP contribution is 2.45. The molecule has 0 radical (unpaired) electrons. The van der Waals surface area contributed by atoms with E-state index in [1.54, 1.807) is 6.20 Å². The summed E-state index contributed by atoms with van der Waals surface area (Å²) in [6.07, 6.45) is 6.38. The fourth-order valence-corrected chi connectivity index (χ4v) is 8.91. The number of halogens is 1. The molecular formula is C42H38ClN7O4. The summed E-state index contributed by atoms with van der Waals surface area (Å²) < 4.78 is 6.36. The molecule has 3 atom stereocenters. The highest BCUT2D eigenvalue weighted by atomic mass is 35.5. The van der Waals surface area contributed by atoms with Crippen LogP contribution in [-0.2, 0) is 17.8 Å². The zero-order chi connectivity index (χ0) is 37.1. The van der Waals surface area contributed by atoms with Crippen molar-refractivity contribution in [3.8, 4) is 28.7 Å². The molecule has 2 fully saturated rings. The second kappa shape index (κ2) is 13.8. The number of carboxylic acids is 1. The van der Waals surface area contributed by atoms with E-state index < -0.39 is 5.97 Å². The summed E-state index contributed by atoms with van der Waals surface area (Å²) in [7, 11) is 0. The third-order valence-electron chi connectivity index (χ3n) is 11.4. The molecule has 1 aliphatic carbocycles. The van der Waals surface area contributed by atoms with Crippen LogP contribution >= 0.6 is 11.6 Å². The third-order valence-corrected chi connectivity index (χ3v) is 11.8. The maximum absolute atomic E-state index is 11.7. The minimum atomic E-state index is -0.758. The molecule has 0 saturated carbocycles. The van der Waals surface area contributed by atoms with E-state index in [4.69, 9.17) is 26.0 Å². The van der Waals surface area contributed by atoms with Gasteiger partial charge in [0.15, 0.2) is 11.4 Å². The fraction of sp³-hybridized carbons (Fsp3) is 0.310. The Hall–Kier alpha value is -5.38. The third kappa shape index (κ3) is 6.05. The average Bonchev–Trinajstić information content (AvgIpc) is 3.99. The summed E-state index contributed by atoms with van der Waals surface area (Å²) in [4.78, 5) is 30.4. The lowest BCUT2D eigenvalue weighted by molar-refractivity contribution is -0.141. The number of anilines is 2. The van der Waals surface area contributed by atoms with Crippen molar-refractivity contribution in [2.45, 2.75) is 51.3 Å². The van der Waals surface area contributed by atoms with E-state index >= 15 is 0 Å². The molecule has 54 heavy (non-hydrogen) atoms. The molecule has 1 unspecified atom stereocenters. The Morgan fingerprint density at radius 1 is 1.06 bits per heavy atom. The first-order valence-corrected chi connectivity index (χ1v) is 18.8. The number of nitriles is 1. The molecule has 272 valence electrons. The molecule has 3 N–H and O–H groups in total. The predicted octanol–water partition coefficient (Wildman–Crippen LogP) is 7.64. The van der Waals surface area contributed by atoms with Crippen LogP contribution < -0.4 is 5.32 Å². The molecule has 12 heteroatoms. The molecule has 11 nitrogen and oxygen atoms in total. The van der Waals surface area contributed by atoms with E-state index in [9.17, 15) is 20.3 Å². The fourth-order valence-electron chi connectivity index (χ4n) is 8.61. The van der Waals surface area contributed by atoms with Crippen LogP contribution in [0.2, 0.25) is 5.02 Å². The number of pyridine rings is 2. The number of nitrogens with zero attached hydrogens (tertiary/aromatic N) is 6. The Morgan fingerprint density at radius 2 is 1.89 bits per heavy atom. The van der Waals surface area contributed by atoms with E-state index in [1.807, 2.05) is 61.7 Å². The van der Waals surface area contributed by atoms with Crippen LogP contribution in [0, 0.1) is 24.2 Å². The van der Waals surface area contributed by atoms with Crippen LogP contribution in [-0.4, -0.2) is 73.2 Å². The number of aliphatic carboxylic acids is 1. The first-order chi connectivity index (χ1) is 26.2. The molecule has 3 aromatic heterocycles. The quantitative estimate of drug-likeness (QED) is 0.141. The van der Waals surface area contributed by atoms with E-state index in [-0.39, 0.29) is 18.1 Å². The van der Waals surface area contributed by atoms with Gasteiger partial charge in [-0.25, -0.2) is 9.97 Å². The second-order valence-corrected chi connectivity index (χ2v) is 15.1. The number of carbonyl (C=O) groups is 1. The highest BCUT2D eigenvalue weighted by molar-refractivity contribution is 6.36. The average molecular weight is 740 g/mol. The van der Waals surface area contributed by atoms with Crippen LogP contribution in [0.15, 0.2) is 71.4 Å². The molecule has 6 aromatic rings. The second-order valence-electron chi connectivity index (χ2n) is 14.7. The van der Waals surface area contributed by atoms with Gasteiger partial charge in [0.25, 0.3) is 0 Å². The minimum absolute atomic E-state index is 0.0460. The number of oxazole rings is 1. The first-order valence-electron chi connectivity index (χ1n) is 18.4. The molecule has 3 aliphatic rings. The molecule has 0 amide bonds. The maximum atomic E-state index is 11.7. The number of fused-ring (bicyclic) bond motifs is 3. The number of nitrogens with one attached hydrogen (secondary N) is 1. The number of aliphatic hydroxyl groups excluding tert-OH is 1. The summed E-state index contributed by atoms with van der Waals surface area (Å²) in [6, 6.07) is 20.3. The van der Waals surface area contributed by atoms with Crippen molar-refractivity contribution < 1.29 is 19.4 Å². The molecule has 9 rings (SSSR count). The van der Waals surface area contributed by atoms with Crippen LogP contribution in [0.4, 0.5) is 11.5 Å². The van der Waals surface area contributed by atoms with Gasteiger partial charge in [-0.15, -0.1) is 0 Å². The van der Waals surface area contributed by atoms with E-state index in [0.717, 1.165) is 82.3 Å². The van der Waals surface area contributed by atoms with Gasteiger partial charge in [-0.05, 0) is 97.3 Å². The SMILES string of the molecule is Cc1c(Nc2nccc3cc(CN4CC[C@@H](O)C4)cnc23)cccc1-c1cccc(-c2nc3cc4c(c(C#N)c3o2)CCC4N2CC[C@@H](C(=O)O)C2)c1Cl. The van der Waals surface area contributed by atoms with Crippen LogP contribution in [0.1, 0.15) is 53.1 Å². The molecule has 2 saturated heterocycles. The molecular weight excluding hydrogens is 702 g/mol. The largest absolute Gasteiger partial charge is 0.481 e. The predicted molar refractivity (Wildman–Crippen MR) is 206 cm³/mol. The summed E-state index contributed by atoms with van der Waals surface area (Å²) in [5.41, 5.74) is 9.55. The van der Waals surface area contributed by atoms with Gasteiger partial charge in [-0.2, -0.15) is 5.26 Å². The Kier molecular flexibility index (Phi) is 8.79. The number of β-amino-alcohol motifs (C(OH)–C–C–N with tert-alkyl or cyclic N) is 1. The zero-order valence-electron chi connectivity index (χ0n) is 29.7. The lowest BCUT2D eigenvalue weighted by Crippen LogP contribution is -2.26. The maximum Gasteiger partial charge on any atom is 0.307 e. The number of benzene rings is 3.